The van der Waals surface area contributed by atoms with Gasteiger partial charge in [-0.3, -0.25) is 4.98 Å². The van der Waals surface area contributed by atoms with Gasteiger partial charge in [-0.25, -0.2) is 8.42 Å². The molecule has 2 fully saturated rings. The normalized spacial score (nSPS) is 23.5. The van der Waals surface area contributed by atoms with E-state index in [4.69, 9.17) is 9.26 Å². The molecule has 0 N–H and O–H groups in total. The first-order valence-electron chi connectivity index (χ1n) is 9.30. The van der Waals surface area contributed by atoms with Crippen LogP contribution in [0, 0.1) is 12.8 Å². The molecule has 146 valence electrons. The molecule has 9 heteroatoms. The molecule has 4 heterocycles. The molecule has 2 aliphatic rings. The van der Waals surface area contributed by atoms with E-state index in [-0.39, 0.29) is 10.5 Å². The average molecular weight is 392 g/mol. The molecule has 1 spiro atoms. The molecular weight excluding hydrogens is 368 g/mol. The van der Waals surface area contributed by atoms with E-state index in [1.807, 2.05) is 0 Å². The summed E-state index contributed by atoms with van der Waals surface area (Å²) in [6.45, 7) is 3.41. The minimum atomic E-state index is -3.49. The van der Waals surface area contributed by atoms with E-state index in [2.05, 4.69) is 15.1 Å². The fourth-order valence-electron chi connectivity index (χ4n) is 4.12. The van der Waals surface area contributed by atoms with Crippen LogP contribution < -0.4 is 0 Å². The minimum absolute atomic E-state index is 0.246. The monoisotopic (exact) mass is 392 g/mol. The second kappa shape index (κ2) is 7.29. The third-order valence-electron chi connectivity index (χ3n) is 5.54. The Morgan fingerprint density at radius 3 is 2.81 bits per heavy atom. The largest absolute Gasteiger partial charge is 0.375 e. The van der Waals surface area contributed by atoms with Crippen molar-refractivity contribution in [3.63, 3.8) is 0 Å². The van der Waals surface area contributed by atoms with Crippen molar-refractivity contribution in [1.82, 2.24) is 19.4 Å². The van der Waals surface area contributed by atoms with E-state index >= 15 is 0 Å². The lowest BCUT2D eigenvalue weighted by atomic mass is 9.78. The summed E-state index contributed by atoms with van der Waals surface area (Å²) in [7, 11) is -3.49. The van der Waals surface area contributed by atoms with Crippen LogP contribution in [0.1, 0.15) is 37.4 Å². The molecule has 1 unspecified atom stereocenters. The van der Waals surface area contributed by atoms with Crippen molar-refractivity contribution in [2.24, 2.45) is 5.92 Å². The van der Waals surface area contributed by atoms with Crippen molar-refractivity contribution in [2.45, 2.75) is 49.5 Å². The fraction of sp³-hybridized carbons (Fsp3) is 0.611. The van der Waals surface area contributed by atoms with Crippen molar-refractivity contribution >= 4 is 10.0 Å². The number of ether oxygens (including phenoxy) is 1. The van der Waals surface area contributed by atoms with Crippen LogP contribution in [-0.2, 0) is 21.2 Å². The van der Waals surface area contributed by atoms with Crippen LogP contribution in [0.4, 0.5) is 0 Å². The third-order valence-corrected chi connectivity index (χ3v) is 7.42. The standard InChI is InChI=1S/C18H24N4O4S/c1-14-20-17(21-26-14)11-15-4-10-25-18(12-15)5-8-22(9-6-18)27(23,24)16-3-2-7-19-13-16/h2-3,7,13,15H,4-6,8-12H2,1H3. The molecule has 0 bridgehead atoms. The third kappa shape index (κ3) is 3.90. The summed E-state index contributed by atoms with van der Waals surface area (Å²) in [6.07, 6.45) is 7.03. The summed E-state index contributed by atoms with van der Waals surface area (Å²) in [6, 6.07) is 3.24. The SMILES string of the molecule is Cc1nc(CC2CCOC3(CCN(S(=O)(=O)c4cccnc4)CC3)C2)no1. The lowest BCUT2D eigenvalue weighted by molar-refractivity contribution is -0.120. The van der Waals surface area contributed by atoms with Crippen LogP contribution in [0.2, 0.25) is 0 Å². The first kappa shape index (κ1) is 18.5. The minimum Gasteiger partial charge on any atom is -0.375 e. The van der Waals surface area contributed by atoms with Crippen LogP contribution >= 0.6 is 0 Å². The molecule has 0 amide bonds. The summed E-state index contributed by atoms with van der Waals surface area (Å²) < 4.78 is 38.3. The number of pyridine rings is 1. The molecule has 0 radical (unpaired) electrons. The Morgan fingerprint density at radius 2 is 2.15 bits per heavy atom. The van der Waals surface area contributed by atoms with Gasteiger partial charge in [-0.15, -0.1) is 0 Å². The van der Waals surface area contributed by atoms with Gasteiger partial charge in [0.2, 0.25) is 15.9 Å². The van der Waals surface area contributed by atoms with E-state index in [1.165, 1.54) is 6.20 Å². The molecule has 2 aliphatic heterocycles. The quantitative estimate of drug-likeness (QED) is 0.784. The molecule has 0 saturated carbocycles. The Hall–Kier alpha value is -1.84. The first-order chi connectivity index (χ1) is 13.0. The second-order valence-electron chi connectivity index (χ2n) is 7.42. The van der Waals surface area contributed by atoms with Gasteiger partial charge in [0, 0.05) is 45.4 Å². The number of sulfonamides is 1. The Labute approximate surface area is 159 Å². The maximum atomic E-state index is 12.8. The van der Waals surface area contributed by atoms with Gasteiger partial charge >= 0.3 is 0 Å². The highest BCUT2D eigenvalue weighted by molar-refractivity contribution is 7.89. The van der Waals surface area contributed by atoms with Crippen molar-refractivity contribution in [2.75, 3.05) is 19.7 Å². The van der Waals surface area contributed by atoms with Crippen LogP contribution in [0.25, 0.3) is 0 Å². The molecule has 27 heavy (non-hydrogen) atoms. The number of rotatable bonds is 4. The summed E-state index contributed by atoms with van der Waals surface area (Å²) >= 11 is 0. The fourth-order valence-corrected chi connectivity index (χ4v) is 5.52. The molecular formula is C18H24N4O4S. The highest BCUT2D eigenvalue weighted by Gasteiger charge is 2.43. The van der Waals surface area contributed by atoms with Crippen molar-refractivity contribution in [1.29, 1.82) is 0 Å². The highest BCUT2D eigenvalue weighted by atomic mass is 32.2. The van der Waals surface area contributed by atoms with Crippen LogP contribution in [0.5, 0.6) is 0 Å². The van der Waals surface area contributed by atoms with E-state index in [0.717, 1.165) is 25.1 Å². The Morgan fingerprint density at radius 1 is 1.33 bits per heavy atom. The van der Waals surface area contributed by atoms with E-state index in [9.17, 15) is 8.42 Å². The van der Waals surface area contributed by atoms with Crippen molar-refractivity contribution in [3.8, 4) is 0 Å². The van der Waals surface area contributed by atoms with Gasteiger partial charge in [0.15, 0.2) is 5.82 Å². The molecule has 4 rings (SSSR count). The lowest BCUT2D eigenvalue weighted by Gasteiger charge is -2.45. The van der Waals surface area contributed by atoms with E-state index in [0.29, 0.717) is 44.3 Å². The summed E-state index contributed by atoms with van der Waals surface area (Å²) in [4.78, 5) is 8.48. The van der Waals surface area contributed by atoms with Crippen molar-refractivity contribution in [3.05, 3.63) is 36.2 Å². The number of nitrogens with zero attached hydrogens (tertiary/aromatic N) is 4. The van der Waals surface area contributed by atoms with Gasteiger partial charge in [0.25, 0.3) is 0 Å². The van der Waals surface area contributed by atoms with E-state index < -0.39 is 10.0 Å². The predicted molar refractivity (Wildman–Crippen MR) is 96.4 cm³/mol. The summed E-state index contributed by atoms with van der Waals surface area (Å²) in [5.74, 6) is 1.75. The lowest BCUT2D eigenvalue weighted by Crippen LogP contribution is -2.50. The number of aromatic nitrogens is 3. The number of aryl methyl sites for hydroxylation is 1. The number of piperidine rings is 1. The second-order valence-corrected chi connectivity index (χ2v) is 9.35. The molecule has 8 nitrogen and oxygen atoms in total. The van der Waals surface area contributed by atoms with Crippen molar-refractivity contribution < 1.29 is 17.7 Å². The molecule has 2 saturated heterocycles. The zero-order chi connectivity index (χ0) is 18.9. The smallest absolute Gasteiger partial charge is 0.244 e. The summed E-state index contributed by atoms with van der Waals surface area (Å²) in [5.41, 5.74) is -0.247. The molecule has 2 aromatic heterocycles. The maximum Gasteiger partial charge on any atom is 0.244 e. The zero-order valence-electron chi connectivity index (χ0n) is 15.4. The van der Waals surface area contributed by atoms with Gasteiger partial charge in [-0.2, -0.15) is 9.29 Å². The van der Waals surface area contributed by atoms with Gasteiger partial charge in [0.05, 0.1) is 5.60 Å². The van der Waals surface area contributed by atoms with Gasteiger partial charge in [-0.05, 0) is 43.7 Å². The van der Waals surface area contributed by atoms with Crippen LogP contribution in [-0.4, -0.2) is 53.1 Å². The number of hydrogen-bond donors (Lipinski definition) is 0. The maximum absolute atomic E-state index is 12.8. The molecule has 0 aliphatic carbocycles. The van der Waals surface area contributed by atoms with Gasteiger partial charge in [-0.1, -0.05) is 5.16 Å². The Balaban J connectivity index is 1.40. The van der Waals surface area contributed by atoms with E-state index in [1.54, 1.807) is 29.6 Å². The number of hydrogen-bond acceptors (Lipinski definition) is 7. The topological polar surface area (TPSA) is 98.4 Å². The van der Waals surface area contributed by atoms with Crippen LogP contribution in [0.3, 0.4) is 0 Å². The van der Waals surface area contributed by atoms with Crippen LogP contribution in [0.15, 0.2) is 33.9 Å². The summed E-state index contributed by atoms with van der Waals surface area (Å²) in [5, 5.41) is 4.00. The zero-order valence-corrected chi connectivity index (χ0v) is 16.2. The van der Waals surface area contributed by atoms with Gasteiger partial charge in [0.1, 0.15) is 4.90 Å². The molecule has 2 aromatic rings. The highest BCUT2D eigenvalue weighted by Crippen LogP contribution is 2.39. The predicted octanol–water partition coefficient (Wildman–Crippen LogP) is 1.97. The van der Waals surface area contributed by atoms with Gasteiger partial charge < -0.3 is 9.26 Å². The molecule has 1 atom stereocenters. The molecule has 0 aromatic carbocycles. The Bertz CT molecular complexity index is 876. The Kier molecular flexibility index (Phi) is 5.00. The first-order valence-corrected chi connectivity index (χ1v) is 10.7. The average Bonchev–Trinajstić information content (AvgIpc) is 3.08.